The van der Waals surface area contributed by atoms with Crippen molar-refractivity contribution in [2.45, 2.75) is 89.6 Å². The molecule has 2 aliphatic heterocycles. The number of fused-ring (bicyclic) bond motifs is 2. The van der Waals surface area contributed by atoms with E-state index in [2.05, 4.69) is 36.0 Å². The molecule has 0 amide bonds. The van der Waals surface area contributed by atoms with Crippen molar-refractivity contribution in [3.05, 3.63) is 0 Å². The summed E-state index contributed by atoms with van der Waals surface area (Å²) < 4.78 is 12.3. The third kappa shape index (κ3) is 4.13. The van der Waals surface area contributed by atoms with Crippen molar-refractivity contribution in [2.24, 2.45) is 16.3 Å². The summed E-state index contributed by atoms with van der Waals surface area (Å²) in [4.78, 5) is 7.09. The topological polar surface area (TPSA) is 46.1 Å². The van der Waals surface area contributed by atoms with Gasteiger partial charge in [0.1, 0.15) is 0 Å². The van der Waals surface area contributed by atoms with Crippen LogP contribution < -0.4 is 5.32 Å². The van der Waals surface area contributed by atoms with E-state index in [-0.39, 0.29) is 29.6 Å². The Bertz CT molecular complexity index is 534. The molecule has 0 aromatic rings. The highest BCUT2D eigenvalue weighted by Crippen LogP contribution is 2.60. The first-order chi connectivity index (χ1) is 12.4. The number of likely N-dealkylation sites (tertiary alicyclic amines) is 1. The first-order valence-electron chi connectivity index (χ1n) is 10.7. The molecule has 1 N–H and O–H groups in total. The van der Waals surface area contributed by atoms with Crippen LogP contribution in [0.2, 0.25) is 0 Å². The van der Waals surface area contributed by atoms with Crippen molar-refractivity contribution in [3.63, 3.8) is 0 Å². The molecule has 2 heterocycles. The Morgan fingerprint density at radius 1 is 1.15 bits per heavy atom. The molecule has 6 heteroatoms. The minimum Gasteiger partial charge on any atom is -0.377 e. The van der Waals surface area contributed by atoms with Gasteiger partial charge in [-0.2, -0.15) is 0 Å². The van der Waals surface area contributed by atoms with E-state index >= 15 is 0 Å². The van der Waals surface area contributed by atoms with Gasteiger partial charge in [-0.3, -0.25) is 4.99 Å². The van der Waals surface area contributed by atoms with Gasteiger partial charge in [-0.15, -0.1) is 24.0 Å². The highest BCUT2D eigenvalue weighted by atomic mass is 127. The lowest BCUT2D eigenvalue weighted by Gasteiger charge is -2.57. The van der Waals surface area contributed by atoms with Crippen LogP contribution in [-0.4, -0.2) is 61.5 Å². The monoisotopic (exact) mass is 491 g/mol. The van der Waals surface area contributed by atoms with Crippen LogP contribution in [0.4, 0.5) is 0 Å². The molecule has 2 saturated heterocycles. The van der Waals surface area contributed by atoms with Crippen LogP contribution in [0, 0.1) is 11.3 Å². The number of hydrogen-bond acceptors (Lipinski definition) is 3. The molecular formula is C21H38IN3O2. The van der Waals surface area contributed by atoms with Gasteiger partial charge < -0.3 is 19.7 Å². The number of hydrogen-bond donors (Lipinski definition) is 1. The summed E-state index contributed by atoms with van der Waals surface area (Å²) in [7, 11) is 1.93. The molecule has 3 unspecified atom stereocenters. The SMILES string of the molecule is CN=C(NC1C2CCOC2C12CCCC2)N1CCC(OC(C)(C)C)CC1.I. The van der Waals surface area contributed by atoms with Gasteiger partial charge in [-0.1, -0.05) is 12.8 Å². The average Bonchev–Trinajstić information content (AvgIpc) is 3.23. The van der Waals surface area contributed by atoms with Gasteiger partial charge in [0.25, 0.3) is 0 Å². The van der Waals surface area contributed by atoms with Crippen molar-refractivity contribution >= 4 is 29.9 Å². The third-order valence-electron chi connectivity index (χ3n) is 7.04. The second-order valence-corrected chi connectivity index (χ2v) is 9.77. The summed E-state index contributed by atoms with van der Waals surface area (Å²) in [5, 5.41) is 3.90. The van der Waals surface area contributed by atoms with Crippen molar-refractivity contribution in [3.8, 4) is 0 Å². The Balaban J connectivity index is 0.00000210. The molecule has 0 radical (unpaired) electrons. The highest BCUT2D eigenvalue weighted by molar-refractivity contribution is 14.0. The van der Waals surface area contributed by atoms with Crippen LogP contribution in [0.25, 0.3) is 0 Å². The maximum atomic E-state index is 6.18. The predicted octanol–water partition coefficient (Wildman–Crippen LogP) is 3.81. The van der Waals surface area contributed by atoms with Crippen molar-refractivity contribution in [1.29, 1.82) is 0 Å². The molecule has 156 valence electrons. The summed E-state index contributed by atoms with van der Waals surface area (Å²) in [6.45, 7) is 9.46. The second-order valence-electron chi connectivity index (χ2n) is 9.77. The van der Waals surface area contributed by atoms with E-state index in [4.69, 9.17) is 9.47 Å². The maximum absolute atomic E-state index is 6.18. The van der Waals surface area contributed by atoms with Gasteiger partial charge >= 0.3 is 0 Å². The molecule has 0 aromatic carbocycles. The minimum atomic E-state index is -0.0506. The number of aliphatic imine (C=N–C) groups is 1. The number of guanidine groups is 1. The van der Waals surface area contributed by atoms with Crippen LogP contribution in [0.5, 0.6) is 0 Å². The van der Waals surface area contributed by atoms with E-state index in [0.717, 1.165) is 38.5 Å². The van der Waals surface area contributed by atoms with Gasteiger partial charge in [0.2, 0.25) is 0 Å². The third-order valence-corrected chi connectivity index (χ3v) is 7.04. The Kier molecular flexibility index (Phi) is 6.68. The van der Waals surface area contributed by atoms with Crippen LogP contribution >= 0.6 is 24.0 Å². The van der Waals surface area contributed by atoms with E-state index in [1.54, 1.807) is 0 Å². The minimum absolute atomic E-state index is 0. The molecule has 4 aliphatic rings. The molecule has 5 nitrogen and oxygen atoms in total. The maximum Gasteiger partial charge on any atom is 0.193 e. The van der Waals surface area contributed by atoms with Crippen molar-refractivity contribution < 1.29 is 9.47 Å². The normalized spacial score (nSPS) is 33.6. The zero-order chi connectivity index (χ0) is 18.4. The first kappa shape index (κ1) is 21.6. The highest BCUT2D eigenvalue weighted by Gasteiger charge is 2.65. The van der Waals surface area contributed by atoms with Crippen LogP contribution in [0.1, 0.15) is 65.7 Å². The number of piperidine rings is 1. The number of ether oxygens (including phenoxy) is 2. The molecule has 4 rings (SSSR count). The van der Waals surface area contributed by atoms with Crippen LogP contribution in [0.15, 0.2) is 4.99 Å². The summed E-state index contributed by atoms with van der Waals surface area (Å²) in [6.07, 6.45) is 9.63. The van der Waals surface area contributed by atoms with Crippen LogP contribution in [-0.2, 0) is 9.47 Å². The molecule has 27 heavy (non-hydrogen) atoms. The average molecular weight is 491 g/mol. The smallest absolute Gasteiger partial charge is 0.193 e. The van der Waals surface area contributed by atoms with E-state index in [9.17, 15) is 0 Å². The van der Waals surface area contributed by atoms with Crippen molar-refractivity contribution in [2.75, 3.05) is 26.7 Å². The Morgan fingerprint density at radius 3 is 2.41 bits per heavy atom. The fourth-order valence-electron chi connectivity index (χ4n) is 6.03. The van der Waals surface area contributed by atoms with Crippen molar-refractivity contribution in [1.82, 2.24) is 10.2 Å². The van der Waals surface area contributed by atoms with Crippen LogP contribution in [0.3, 0.4) is 0 Å². The zero-order valence-electron chi connectivity index (χ0n) is 17.5. The van der Waals surface area contributed by atoms with Gasteiger partial charge in [0, 0.05) is 44.1 Å². The predicted molar refractivity (Wildman–Crippen MR) is 120 cm³/mol. The first-order valence-corrected chi connectivity index (χ1v) is 10.7. The molecule has 4 fully saturated rings. The fourth-order valence-corrected chi connectivity index (χ4v) is 6.03. The summed E-state index contributed by atoms with van der Waals surface area (Å²) in [6, 6.07) is 0.555. The van der Waals surface area contributed by atoms with E-state index in [0.29, 0.717) is 29.6 Å². The summed E-state index contributed by atoms with van der Waals surface area (Å²) >= 11 is 0. The lowest BCUT2D eigenvalue weighted by Crippen LogP contribution is -2.69. The van der Waals surface area contributed by atoms with Gasteiger partial charge in [-0.05, 0) is 52.9 Å². The fraction of sp³-hybridized carbons (Fsp3) is 0.952. The number of nitrogens with one attached hydrogen (secondary N) is 1. The molecule has 0 aromatic heterocycles. The molecule has 2 saturated carbocycles. The Labute approximate surface area is 182 Å². The standard InChI is InChI=1S/C21H37N3O2.HI/c1-20(2,3)26-15-7-12-24(13-8-15)19(22-4)23-17-16-9-14-25-18(16)21(17)10-5-6-11-21;/h15-18H,5-14H2,1-4H3,(H,22,23);1H. The zero-order valence-corrected chi connectivity index (χ0v) is 19.8. The van der Waals surface area contributed by atoms with E-state index in [1.807, 2.05) is 7.05 Å². The van der Waals surface area contributed by atoms with Gasteiger partial charge in [0.15, 0.2) is 5.96 Å². The van der Waals surface area contributed by atoms with E-state index < -0.39 is 0 Å². The Morgan fingerprint density at radius 2 is 1.81 bits per heavy atom. The van der Waals surface area contributed by atoms with Gasteiger partial charge in [0.05, 0.1) is 17.8 Å². The molecule has 3 atom stereocenters. The largest absolute Gasteiger partial charge is 0.377 e. The molecule has 0 bridgehead atoms. The Hall–Kier alpha value is -0.0800. The lowest BCUT2D eigenvalue weighted by molar-refractivity contribution is -0.125. The summed E-state index contributed by atoms with van der Waals surface area (Å²) in [5.41, 5.74) is 0.329. The number of rotatable bonds is 2. The number of halogens is 1. The molecule has 2 aliphatic carbocycles. The second kappa shape index (κ2) is 8.34. The lowest BCUT2D eigenvalue weighted by atomic mass is 9.54. The quantitative estimate of drug-likeness (QED) is 0.363. The molecular weight excluding hydrogens is 453 g/mol. The number of nitrogens with zero attached hydrogens (tertiary/aromatic N) is 2. The van der Waals surface area contributed by atoms with Gasteiger partial charge in [-0.25, -0.2) is 0 Å². The summed E-state index contributed by atoms with van der Waals surface area (Å²) in [5.74, 6) is 1.78. The van der Waals surface area contributed by atoms with E-state index in [1.165, 1.54) is 32.1 Å². The molecule has 1 spiro atoms.